The number of rotatable bonds is 6. The molecule has 1 aliphatic heterocycles. The molecular weight excluding hydrogens is 328 g/mol. The molecule has 0 aromatic carbocycles. The van der Waals surface area contributed by atoms with Crippen molar-refractivity contribution in [3.63, 3.8) is 0 Å². The van der Waals surface area contributed by atoms with E-state index in [0.29, 0.717) is 12.2 Å². The Morgan fingerprint density at radius 1 is 1.31 bits per heavy atom. The van der Waals surface area contributed by atoms with Crippen LogP contribution in [-0.4, -0.2) is 32.5 Å². The van der Waals surface area contributed by atoms with Gasteiger partial charge in [-0.05, 0) is 39.0 Å². The molecule has 0 spiro atoms. The maximum atomic E-state index is 12.7. The highest BCUT2D eigenvalue weighted by molar-refractivity contribution is 5.77. The van der Waals surface area contributed by atoms with E-state index in [4.69, 9.17) is 9.51 Å². The zero-order chi connectivity index (χ0) is 18.5. The maximum absolute atomic E-state index is 12.7. The monoisotopic (exact) mass is 356 g/mol. The minimum Gasteiger partial charge on any atom is -0.356 e. The fraction of sp³-hybridized carbons (Fsp3) is 0.600. The van der Waals surface area contributed by atoms with Crippen molar-refractivity contribution in [1.82, 2.24) is 20.0 Å². The molecule has 3 heterocycles. The number of hydrogen-bond acceptors (Lipinski definition) is 5. The van der Waals surface area contributed by atoms with Crippen LogP contribution in [0.4, 0.5) is 0 Å². The van der Waals surface area contributed by atoms with Crippen LogP contribution in [0.2, 0.25) is 0 Å². The zero-order valence-electron chi connectivity index (χ0n) is 16.0. The molecule has 1 atom stereocenters. The van der Waals surface area contributed by atoms with Gasteiger partial charge in [0.15, 0.2) is 5.76 Å². The molecule has 1 aliphatic rings. The van der Waals surface area contributed by atoms with Crippen molar-refractivity contribution in [2.75, 3.05) is 6.54 Å². The fourth-order valence-electron chi connectivity index (χ4n) is 3.58. The second-order valence-electron chi connectivity index (χ2n) is 7.02. The summed E-state index contributed by atoms with van der Waals surface area (Å²) in [5.41, 5.74) is 2.58. The number of piperidine rings is 1. The van der Waals surface area contributed by atoms with E-state index in [-0.39, 0.29) is 11.9 Å². The van der Waals surface area contributed by atoms with E-state index in [0.717, 1.165) is 67.8 Å². The van der Waals surface area contributed by atoms with Crippen molar-refractivity contribution in [1.29, 1.82) is 0 Å². The second-order valence-corrected chi connectivity index (χ2v) is 7.02. The lowest BCUT2D eigenvalue weighted by molar-refractivity contribution is -0.135. The minimum absolute atomic E-state index is 0.0122. The van der Waals surface area contributed by atoms with E-state index in [1.165, 1.54) is 0 Å². The number of hydrogen-bond donors (Lipinski definition) is 0. The van der Waals surface area contributed by atoms with E-state index < -0.39 is 0 Å². The second kappa shape index (κ2) is 8.43. The fourth-order valence-corrected chi connectivity index (χ4v) is 3.58. The SMILES string of the molecule is CCCC(=O)N1CCCC[C@H]1c1nc(CCC)ncc1-c1cc(C)no1. The molecule has 0 bridgehead atoms. The molecule has 0 saturated carbocycles. The van der Waals surface area contributed by atoms with Crippen molar-refractivity contribution in [3.8, 4) is 11.3 Å². The maximum Gasteiger partial charge on any atom is 0.223 e. The smallest absolute Gasteiger partial charge is 0.223 e. The van der Waals surface area contributed by atoms with Gasteiger partial charge in [-0.15, -0.1) is 0 Å². The summed E-state index contributed by atoms with van der Waals surface area (Å²) in [5, 5.41) is 4.01. The first kappa shape index (κ1) is 18.5. The first-order valence-electron chi connectivity index (χ1n) is 9.73. The Balaban J connectivity index is 2.04. The van der Waals surface area contributed by atoms with Crippen LogP contribution in [0, 0.1) is 6.92 Å². The highest BCUT2D eigenvalue weighted by Gasteiger charge is 2.31. The van der Waals surface area contributed by atoms with Gasteiger partial charge in [-0.25, -0.2) is 9.97 Å². The molecule has 3 rings (SSSR count). The highest BCUT2D eigenvalue weighted by atomic mass is 16.5. The van der Waals surface area contributed by atoms with Crippen molar-refractivity contribution in [2.24, 2.45) is 0 Å². The molecule has 6 heteroatoms. The van der Waals surface area contributed by atoms with Gasteiger partial charge in [0.25, 0.3) is 0 Å². The average molecular weight is 356 g/mol. The molecule has 0 aliphatic carbocycles. The summed E-state index contributed by atoms with van der Waals surface area (Å²) in [6.45, 7) is 6.86. The third-order valence-corrected chi connectivity index (χ3v) is 4.84. The Morgan fingerprint density at radius 2 is 2.15 bits per heavy atom. The Morgan fingerprint density at radius 3 is 2.85 bits per heavy atom. The van der Waals surface area contributed by atoms with Gasteiger partial charge >= 0.3 is 0 Å². The standard InChI is InChI=1S/C20H28N4O2/c1-4-8-18-21-13-15(17-12-14(3)23-26-17)20(22-18)16-10-6-7-11-24(16)19(25)9-5-2/h12-13,16H,4-11H2,1-3H3/t16-/m0/s1. The van der Waals surface area contributed by atoms with Crippen molar-refractivity contribution < 1.29 is 9.32 Å². The Bertz CT molecular complexity index is 756. The predicted octanol–water partition coefficient (Wildman–Crippen LogP) is 4.25. The van der Waals surface area contributed by atoms with E-state index in [1.807, 2.05) is 31.0 Å². The van der Waals surface area contributed by atoms with Gasteiger partial charge in [0.2, 0.25) is 5.91 Å². The summed E-state index contributed by atoms with van der Waals surface area (Å²) in [6.07, 6.45) is 8.18. The van der Waals surface area contributed by atoms with Gasteiger partial charge in [0.05, 0.1) is 23.0 Å². The van der Waals surface area contributed by atoms with Gasteiger partial charge in [0, 0.05) is 31.6 Å². The molecular formula is C20H28N4O2. The largest absolute Gasteiger partial charge is 0.356 e. The van der Waals surface area contributed by atoms with E-state index >= 15 is 0 Å². The normalized spacial score (nSPS) is 17.5. The van der Waals surface area contributed by atoms with Gasteiger partial charge in [-0.2, -0.15) is 0 Å². The van der Waals surface area contributed by atoms with Crippen LogP contribution in [0.1, 0.15) is 75.6 Å². The van der Waals surface area contributed by atoms with E-state index in [2.05, 4.69) is 17.1 Å². The van der Waals surface area contributed by atoms with Gasteiger partial charge in [-0.3, -0.25) is 4.79 Å². The summed E-state index contributed by atoms with van der Waals surface area (Å²) >= 11 is 0. The van der Waals surface area contributed by atoms with Crippen LogP contribution in [0.5, 0.6) is 0 Å². The van der Waals surface area contributed by atoms with Crippen LogP contribution < -0.4 is 0 Å². The quantitative estimate of drug-likeness (QED) is 0.774. The molecule has 1 amide bonds. The average Bonchev–Trinajstić information content (AvgIpc) is 3.08. The number of amides is 1. The summed E-state index contributed by atoms with van der Waals surface area (Å²) < 4.78 is 5.49. The van der Waals surface area contributed by atoms with E-state index in [1.54, 1.807) is 0 Å². The van der Waals surface area contributed by atoms with Crippen LogP contribution in [0.25, 0.3) is 11.3 Å². The molecule has 0 unspecified atom stereocenters. The lowest BCUT2D eigenvalue weighted by Gasteiger charge is -2.36. The highest BCUT2D eigenvalue weighted by Crippen LogP contribution is 2.36. The number of carbonyl (C=O) groups is 1. The molecule has 6 nitrogen and oxygen atoms in total. The van der Waals surface area contributed by atoms with Crippen molar-refractivity contribution in [2.45, 2.75) is 71.8 Å². The molecule has 1 saturated heterocycles. The third-order valence-electron chi connectivity index (χ3n) is 4.84. The molecule has 26 heavy (non-hydrogen) atoms. The topological polar surface area (TPSA) is 72.1 Å². The van der Waals surface area contributed by atoms with E-state index in [9.17, 15) is 4.79 Å². The molecule has 0 radical (unpaired) electrons. The molecule has 0 N–H and O–H groups in total. The molecule has 2 aromatic heterocycles. The summed E-state index contributed by atoms with van der Waals surface area (Å²) in [5.74, 6) is 1.72. The molecule has 1 fully saturated rings. The number of likely N-dealkylation sites (tertiary alicyclic amines) is 1. The molecule has 140 valence electrons. The number of aromatic nitrogens is 3. The third kappa shape index (κ3) is 3.94. The first-order chi connectivity index (χ1) is 12.6. The predicted molar refractivity (Wildman–Crippen MR) is 99.5 cm³/mol. The van der Waals surface area contributed by atoms with Gasteiger partial charge in [0.1, 0.15) is 5.82 Å². The summed E-state index contributed by atoms with van der Waals surface area (Å²) in [6, 6.07) is 1.89. The van der Waals surface area contributed by atoms with Crippen LogP contribution >= 0.6 is 0 Å². The summed E-state index contributed by atoms with van der Waals surface area (Å²) in [4.78, 5) is 24.1. The first-order valence-corrected chi connectivity index (χ1v) is 9.73. The zero-order valence-corrected chi connectivity index (χ0v) is 16.0. The number of aryl methyl sites for hydroxylation is 2. The Labute approximate surface area is 155 Å². The lowest BCUT2D eigenvalue weighted by Crippen LogP contribution is -2.39. The number of nitrogens with zero attached hydrogens (tertiary/aromatic N) is 4. The lowest BCUT2D eigenvalue weighted by atomic mass is 9.95. The number of carbonyl (C=O) groups excluding carboxylic acids is 1. The summed E-state index contributed by atoms with van der Waals surface area (Å²) in [7, 11) is 0. The van der Waals surface area contributed by atoms with Crippen LogP contribution in [0.15, 0.2) is 16.8 Å². The molecule has 2 aromatic rings. The Hall–Kier alpha value is -2.24. The van der Waals surface area contributed by atoms with Gasteiger partial charge < -0.3 is 9.42 Å². The minimum atomic E-state index is -0.0122. The van der Waals surface area contributed by atoms with Crippen LogP contribution in [0.3, 0.4) is 0 Å². The van der Waals surface area contributed by atoms with Crippen molar-refractivity contribution >= 4 is 5.91 Å². The van der Waals surface area contributed by atoms with Gasteiger partial charge in [-0.1, -0.05) is 19.0 Å². The van der Waals surface area contributed by atoms with Crippen molar-refractivity contribution in [3.05, 3.63) is 29.5 Å². The Kier molecular flexibility index (Phi) is 6.01. The van der Waals surface area contributed by atoms with Crippen LogP contribution in [-0.2, 0) is 11.2 Å².